The van der Waals surface area contributed by atoms with E-state index in [1.807, 2.05) is 0 Å². The van der Waals surface area contributed by atoms with E-state index in [2.05, 4.69) is 10.3 Å². The summed E-state index contributed by atoms with van der Waals surface area (Å²) < 4.78 is 51.6. The summed E-state index contributed by atoms with van der Waals surface area (Å²) in [6.07, 6.45) is -1.25. The fourth-order valence-corrected chi connectivity index (χ4v) is 2.28. The first-order chi connectivity index (χ1) is 11.3. The zero-order valence-corrected chi connectivity index (χ0v) is 13.2. The lowest BCUT2D eigenvalue weighted by Gasteiger charge is -2.10. The number of benzene rings is 2. The van der Waals surface area contributed by atoms with Gasteiger partial charge in [-0.3, -0.25) is 5.32 Å². The smallest absolute Gasteiger partial charge is 0.271 e. The zero-order valence-electron chi connectivity index (χ0n) is 12.4. The average Bonchev–Trinajstić information content (AvgIpc) is 2.54. The molecule has 0 amide bonds. The van der Waals surface area contributed by atoms with Gasteiger partial charge in [0.05, 0.1) is 11.3 Å². The highest BCUT2D eigenvalue weighted by atomic mass is 32.2. The van der Waals surface area contributed by atoms with Gasteiger partial charge in [0.15, 0.2) is 11.4 Å². The van der Waals surface area contributed by atoms with Crippen molar-refractivity contribution in [3.05, 3.63) is 53.8 Å². The van der Waals surface area contributed by atoms with E-state index in [-0.39, 0.29) is 5.56 Å². The second-order valence-electron chi connectivity index (χ2n) is 4.60. The van der Waals surface area contributed by atoms with Crippen LogP contribution in [0.3, 0.4) is 0 Å². The molecule has 8 heteroatoms. The number of nitrogens with zero attached hydrogens (tertiary/aromatic N) is 2. The van der Waals surface area contributed by atoms with Crippen LogP contribution in [0.15, 0.2) is 47.5 Å². The Labute approximate surface area is 140 Å². The summed E-state index contributed by atoms with van der Waals surface area (Å²) in [5.74, 6) is -1.31. The maximum Gasteiger partial charge on any atom is 0.419 e. The molecule has 0 aromatic heterocycles. The number of hydrogen-bond acceptors (Lipinski definition) is 3. The van der Waals surface area contributed by atoms with Gasteiger partial charge in [-0.05, 0) is 41.6 Å². The highest BCUT2D eigenvalue weighted by Gasteiger charge is 2.34. The SMILES string of the molecule is CSC(=Nc1ccc(-c2ccc(F)c(C(F)(F)F)c2)cc1)NC#N. The van der Waals surface area contributed by atoms with Crippen molar-refractivity contribution in [3.63, 3.8) is 0 Å². The Morgan fingerprint density at radius 2 is 1.75 bits per heavy atom. The first kappa shape index (κ1) is 17.8. The molecule has 0 atom stereocenters. The van der Waals surface area contributed by atoms with Gasteiger partial charge in [0, 0.05) is 0 Å². The fraction of sp³-hybridized carbons (Fsp3) is 0.125. The molecular formula is C16H11F4N3S. The molecule has 2 aromatic rings. The molecule has 124 valence electrons. The van der Waals surface area contributed by atoms with Crippen LogP contribution in [0.4, 0.5) is 23.2 Å². The standard InChI is InChI=1S/C16H11F4N3S/c1-24-15(22-9-21)23-12-5-2-10(3-6-12)11-4-7-14(17)13(8-11)16(18,19)20/h2-8H,1H3,(H,22,23). The number of hydrogen-bond donors (Lipinski definition) is 1. The maximum atomic E-state index is 13.3. The van der Waals surface area contributed by atoms with Crippen molar-refractivity contribution in [1.29, 1.82) is 5.26 Å². The minimum atomic E-state index is -4.75. The van der Waals surface area contributed by atoms with Gasteiger partial charge >= 0.3 is 6.18 Å². The van der Waals surface area contributed by atoms with E-state index < -0.39 is 17.6 Å². The highest BCUT2D eigenvalue weighted by Crippen LogP contribution is 2.34. The Morgan fingerprint density at radius 1 is 1.12 bits per heavy atom. The van der Waals surface area contributed by atoms with Crippen LogP contribution in [-0.2, 0) is 6.18 Å². The maximum absolute atomic E-state index is 13.3. The summed E-state index contributed by atoms with van der Waals surface area (Å²) in [7, 11) is 0. The molecule has 24 heavy (non-hydrogen) atoms. The number of halogens is 4. The van der Waals surface area contributed by atoms with Crippen LogP contribution < -0.4 is 5.32 Å². The third-order valence-electron chi connectivity index (χ3n) is 3.06. The first-order valence-electron chi connectivity index (χ1n) is 6.60. The quantitative estimate of drug-likeness (QED) is 0.274. The summed E-state index contributed by atoms with van der Waals surface area (Å²) in [6.45, 7) is 0. The van der Waals surface area contributed by atoms with E-state index in [0.717, 1.165) is 12.1 Å². The van der Waals surface area contributed by atoms with Crippen LogP contribution in [0, 0.1) is 17.3 Å². The molecule has 0 spiro atoms. The predicted molar refractivity (Wildman–Crippen MR) is 86.2 cm³/mol. The van der Waals surface area contributed by atoms with Crippen molar-refractivity contribution >= 4 is 22.6 Å². The lowest BCUT2D eigenvalue weighted by Crippen LogP contribution is -2.12. The number of nitrogens with one attached hydrogen (secondary N) is 1. The molecule has 0 aliphatic carbocycles. The minimum Gasteiger partial charge on any atom is -0.271 e. The third kappa shape index (κ3) is 4.26. The Bertz CT molecular complexity index is 792. The third-order valence-corrected chi connectivity index (χ3v) is 3.64. The van der Waals surface area contributed by atoms with E-state index >= 15 is 0 Å². The van der Waals surface area contributed by atoms with Crippen molar-refractivity contribution in [2.75, 3.05) is 6.26 Å². The molecule has 3 nitrogen and oxygen atoms in total. The fourth-order valence-electron chi connectivity index (χ4n) is 1.94. The molecule has 0 bridgehead atoms. The summed E-state index contributed by atoms with van der Waals surface area (Å²) in [6, 6.07) is 9.22. The lowest BCUT2D eigenvalue weighted by molar-refractivity contribution is -0.139. The van der Waals surface area contributed by atoms with Crippen LogP contribution in [-0.4, -0.2) is 11.4 Å². The molecule has 0 saturated heterocycles. The van der Waals surface area contributed by atoms with Crippen LogP contribution in [0.5, 0.6) is 0 Å². The van der Waals surface area contributed by atoms with Crippen molar-refractivity contribution in [3.8, 4) is 17.3 Å². The van der Waals surface area contributed by atoms with E-state index in [1.54, 1.807) is 36.7 Å². The summed E-state index contributed by atoms with van der Waals surface area (Å²) in [4.78, 5) is 4.18. The van der Waals surface area contributed by atoms with Crippen LogP contribution >= 0.6 is 11.8 Å². The Morgan fingerprint density at radius 3 is 2.29 bits per heavy atom. The monoisotopic (exact) mass is 353 g/mol. The Kier molecular flexibility index (Phi) is 5.46. The molecule has 2 rings (SSSR count). The van der Waals surface area contributed by atoms with Crippen LogP contribution in [0.2, 0.25) is 0 Å². The minimum absolute atomic E-state index is 0.250. The van der Waals surface area contributed by atoms with Gasteiger partial charge in [0.25, 0.3) is 0 Å². The first-order valence-corrected chi connectivity index (χ1v) is 7.82. The van der Waals surface area contributed by atoms with Gasteiger partial charge in [0.2, 0.25) is 0 Å². The Hall–Kier alpha value is -2.53. The second-order valence-corrected chi connectivity index (χ2v) is 5.39. The molecule has 0 saturated carbocycles. The molecule has 0 aliphatic rings. The summed E-state index contributed by atoms with van der Waals surface area (Å²) >= 11 is 1.25. The van der Waals surface area contributed by atoms with Crippen molar-refractivity contribution < 1.29 is 17.6 Å². The number of nitriles is 1. The van der Waals surface area contributed by atoms with Crippen molar-refractivity contribution in [2.45, 2.75) is 6.18 Å². The lowest BCUT2D eigenvalue weighted by atomic mass is 10.0. The van der Waals surface area contributed by atoms with Gasteiger partial charge in [-0.1, -0.05) is 30.0 Å². The number of aliphatic imine (C=N–C) groups is 1. The molecule has 0 fully saturated rings. The van der Waals surface area contributed by atoms with Crippen LogP contribution in [0.1, 0.15) is 5.56 Å². The van der Waals surface area contributed by atoms with E-state index in [0.29, 0.717) is 16.4 Å². The predicted octanol–water partition coefficient (Wildman–Crippen LogP) is 4.93. The molecular weight excluding hydrogens is 342 g/mol. The van der Waals surface area contributed by atoms with E-state index in [4.69, 9.17) is 5.26 Å². The van der Waals surface area contributed by atoms with Crippen molar-refractivity contribution in [1.82, 2.24) is 5.32 Å². The largest absolute Gasteiger partial charge is 0.419 e. The van der Waals surface area contributed by atoms with E-state index in [9.17, 15) is 17.6 Å². The van der Waals surface area contributed by atoms with Gasteiger partial charge < -0.3 is 0 Å². The van der Waals surface area contributed by atoms with Gasteiger partial charge in [0.1, 0.15) is 5.82 Å². The van der Waals surface area contributed by atoms with Crippen molar-refractivity contribution in [2.24, 2.45) is 4.99 Å². The normalized spacial score (nSPS) is 11.9. The molecule has 0 heterocycles. The Balaban J connectivity index is 2.34. The summed E-state index contributed by atoms with van der Waals surface area (Å²) in [5.41, 5.74) is -0.0214. The molecule has 0 unspecified atom stereocenters. The topological polar surface area (TPSA) is 48.2 Å². The molecule has 0 radical (unpaired) electrons. The van der Waals surface area contributed by atoms with Gasteiger partial charge in [-0.25, -0.2) is 9.38 Å². The zero-order chi connectivity index (χ0) is 17.7. The molecule has 0 aliphatic heterocycles. The average molecular weight is 353 g/mol. The molecule has 2 aromatic carbocycles. The molecule has 1 N–H and O–H groups in total. The number of alkyl halides is 3. The summed E-state index contributed by atoms with van der Waals surface area (Å²) in [5, 5.41) is 11.4. The van der Waals surface area contributed by atoms with Gasteiger partial charge in [-0.2, -0.15) is 18.4 Å². The van der Waals surface area contributed by atoms with E-state index in [1.165, 1.54) is 17.8 Å². The van der Waals surface area contributed by atoms with Gasteiger partial charge in [-0.15, -0.1) is 0 Å². The highest BCUT2D eigenvalue weighted by molar-refractivity contribution is 8.13. The number of thioether (sulfide) groups is 1. The number of amidine groups is 1. The number of rotatable bonds is 2. The second kappa shape index (κ2) is 7.36. The van der Waals surface area contributed by atoms with Crippen LogP contribution in [0.25, 0.3) is 11.1 Å².